The van der Waals surface area contributed by atoms with Crippen molar-refractivity contribution in [2.45, 2.75) is 33.6 Å². The van der Waals surface area contributed by atoms with Crippen LogP contribution in [0.3, 0.4) is 0 Å². The van der Waals surface area contributed by atoms with Gasteiger partial charge in [0.2, 0.25) is 0 Å². The van der Waals surface area contributed by atoms with E-state index in [9.17, 15) is 0 Å². The summed E-state index contributed by atoms with van der Waals surface area (Å²) in [5, 5.41) is 3.56. The lowest BCUT2D eigenvalue weighted by Crippen LogP contribution is -2.41. The van der Waals surface area contributed by atoms with E-state index in [1.807, 2.05) is 7.11 Å². The third kappa shape index (κ3) is 6.72. The maximum absolute atomic E-state index is 5.29. The molecule has 1 aliphatic rings. The zero-order chi connectivity index (χ0) is 13.4. The molecule has 1 rings (SSSR count). The van der Waals surface area contributed by atoms with Gasteiger partial charge in [0.1, 0.15) is 0 Å². The van der Waals surface area contributed by atoms with Crippen LogP contribution in [0.15, 0.2) is 0 Å². The molecule has 1 N–H and O–H groups in total. The Bertz CT molecular complexity index is 207. The van der Waals surface area contributed by atoms with Crippen LogP contribution in [-0.4, -0.2) is 51.3 Å². The van der Waals surface area contributed by atoms with Crippen LogP contribution in [0.1, 0.15) is 33.6 Å². The molecule has 1 aliphatic heterocycles. The Morgan fingerprint density at radius 2 is 2.06 bits per heavy atom. The van der Waals surface area contributed by atoms with Crippen LogP contribution in [0.25, 0.3) is 0 Å². The fraction of sp³-hybridized carbons (Fsp3) is 1.00. The number of piperidine rings is 1. The van der Waals surface area contributed by atoms with Crippen LogP contribution < -0.4 is 5.32 Å². The number of methoxy groups -OCH3 is 1. The second-order valence-corrected chi connectivity index (χ2v) is 6.38. The molecule has 0 aromatic rings. The molecular weight excluding hydrogens is 224 g/mol. The summed E-state index contributed by atoms with van der Waals surface area (Å²) < 4.78 is 5.29. The predicted molar refractivity (Wildman–Crippen MR) is 77.9 cm³/mol. The summed E-state index contributed by atoms with van der Waals surface area (Å²) in [4.78, 5) is 2.62. The van der Waals surface area contributed by atoms with Crippen molar-refractivity contribution in [3.63, 3.8) is 0 Å². The normalized spacial score (nSPS) is 23.5. The van der Waals surface area contributed by atoms with Gasteiger partial charge in [-0.3, -0.25) is 0 Å². The van der Waals surface area contributed by atoms with Crippen molar-refractivity contribution in [2.75, 3.05) is 46.4 Å². The second-order valence-electron chi connectivity index (χ2n) is 6.38. The molecule has 1 fully saturated rings. The Balaban J connectivity index is 2.16. The van der Waals surface area contributed by atoms with Gasteiger partial charge in [-0.2, -0.15) is 0 Å². The first kappa shape index (κ1) is 15.9. The van der Waals surface area contributed by atoms with Crippen molar-refractivity contribution < 1.29 is 4.74 Å². The SMILES string of the molecule is COCC1CCCN(CC(C)CNCC(C)C)C1. The minimum Gasteiger partial charge on any atom is -0.384 e. The lowest BCUT2D eigenvalue weighted by atomic mass is 9.98. The second kappa shape index (κ2) is 8.89. The average Bonchev–Trinajstić information content (AvgIpc) is 2.29. The summed E-state index contributed by atoms with van der Waals surface area (Å²) in [6.45, 7) is 13.8. The van der Waals surface area contributed by atoms with Gasteiger partial charge in [-0.05, 0) is 50.2 Å². The fourth-order valence-electron chi connectivity index (χ4n) is 2.81. The molecule has 0 aliphatic carbocycles. The highest BCUT2D eigenvalue weighted by molar-refractivity contribution is 4.74. The van der Waals surface area contributed by atoms with E-state index in [1.165, 1.54) is 32.5 Å². The molecule has 108 valence electrons. The number of likely N-dealkylation sites (tertiary alicyclic amines) is 1. The van der Waals surface area contributed by atoms with E-state index < -0.39 is 0 Å². The van der Waals surface area contributed by atoms with E-state index in [0.717, 1.165) is 37.5 Å². The van der Waals surface area contributed by atoms with Crippen molar-refractivity contribution in [3.8, 4) is 0 Å². The van der Waals surface area contributed by atoms with E-state index in [-0.39, 0.29) is 0 Å². The molecule has 2 atom stereocenters. The molecule has 0 spiro atoms. The molecule has 1 heterocycles. The van der Waals surface area contributed by atoms with Gasteiger partial charge in [0.15, 0.2) is 0 Å². The summed E-state index contributed by atoms with van der Waals surface area (Å²) in [5.74, 6) is 2.24. The molecule has 2 unspecified atom stereocenters. The Labute approximate surface area is 113 Å². The molecule has 0 saturated carbocycles. The van der Waals surface area contributed by atoms with Gasteiger partial charge >= 0.3 is 0 Å². The van der Waals surface area contributed by atoms with Gasteiger partial charge in [0.05, 0.1) is 6.61 Å². The third-order valence-electron chi connectivity index (χ3n) is 3.62. The van der Waals surface area contributed by atoms with Crippen LogP contribution in [-0.2, 0) is 4.74 Å². The topological polar surface area (TPSA) is 24.5 Å². The van der Waals surface area contributed by atoms with Gasteiger partial charge in [-0.25, -0.2) is 0 Å². The van der Waals surface area contributed by atoms with Crippen molar-refractivity contribution in [2.24, 2.45) is 17.8 Å². The van der Waals surface area contributed by atoms with Crippen molar-refractivity contribution in [1.29, 1.82) is 0 Å². The molecule has 0 radical (unpaired) electrons. The monoisotopic (exact) mass is 256 g/mol. The minimum atomic E-state index is 0.741. The Kier molecular flexibility index (Phi) is 7.87. The zero-order valence-corrected chi connectivity index (χ0v) is 12.7. The van der Waals surface area contributed by atoms with Gasteiger partial charge in [0, 0.05) is 20.2 Å². The van der Waals surface area contributed by atoms with Crippen LogP contribution in [0, 0.1) is 17.8 Å². The van der Waals surface area contributed by atoms with Crippen molar-refractivity contribution in [1.82, 2.24) is 10.2 Å². The van der Waals surface area contributed by atoms with Gasteiger partial charge in [-0.15, -0.1) is 0 Å². The van der Waals surface area contributed by atoms with Crippen molar-refractivity contribution >= 4 is 0 Å². The highest BCUT2D eigenvalue weighted by atomic mass is 16.5. The lowest BCUT2D eigenvalue weighted by molar-refractivity contribution is 0.0838. The van der Waals surface area contributed by atoms with E-state index in [2.05, 4.69) is 31.0 Å². The smallest absolute Gasteiger partial charge is 0.0502 e. The summed E-state index contributed by atoms with van der Waals surface area (Å²) in [7, 11) is 1.82. The number of ether oxygens (including phenoxy) is 1. The molecule has 0 aromatic carbocycles. The summed E-state index contributed by atoms with van der Waals surface area (Å²) in [6.07, 6.45) is 2.67. The molecule has 3 nitrogen and oxygen atoms in total. The molecule has 3 heteroatoms. The number of rotatable bonds is 8. The summed E-state index contributed by atoms with van der Waals surface area (Å²) in [5.41, 5.74) is 0. The number of nitrogens with one attached hydrogen (secondary N) is 1. The maximum atomic E-state index is 5.29. The summed E-state index contributed by atoms with van der Waals surface area (Å²) in [6, 6.07) is 0. The predicted octanol–water partition coefficient (Wildman–Crippen LogP) is 2.23. The van der Waals surface area contributed by atoms with E-state index >= 15 is 0 Å². The number of nitrogens with zero attached hydrogens (tertiary/aromatic N) is 1. The zero-order valence-electron chi connectivity index (χ0n) is 12.7. The van der Waals surface area contributed by atoms with Gasteiger partial charge in [0.25, 0.3) is 0 Å². The highest BCUT2D eigenvalue weighted by Gasteiger charge is 2.20. The van der Waals surface area contributed by atoms with E-state index in [0.29, 0.717) is 0 Å². The molecule has 0 amide bonds. The minimum absolute atomic E-state index is 0.741. The van der Waals surface area contributed by atoms with Crippen LogP contribution >= 0.6 is 0 Å². The quantitative estimate of drug-likeness (QED) is 0.721. The van der Waals surface area contributed by atoms with Gasteiger partial charge in [-0.1, -0.05) is 20.8 Å². The highest BCUT2D eigenvalue weighted by Crippen LogP contribution is 2.17. The first-order chi connectivity index (χ1) is 8.61. The van der Waals surface area contributed by atoms with E-state index in [1.54, 1.807) is 0 Å². The first-order valence-electron chi connectivity index (χ1n) is 7.53. The fourth-order valence-corrected chi connectivity index (χ4v) is 2.81. The van der Waals surface area contributed by atoms with Crippen LogP contribution in [0.4, 0.5) is 0 Å². The largest absolute Gasteiger partial charge is 0.384 e. The Morgan fingerprint density at radius 1 is 1.28 bits per heavy atom. The Morgan fingerprint density at radius 3 is 2.72 bits per heavy atom. The molecular formula is C15H32N2O. The Hall–Kier alpha value is -0.120. The molecule has 1 saturated heterocycles. The molecule has 0 aromatic heterocycles. The molecule has 0 bridgehead atoms. The standard InChI is InChI=1S/C15H32N2O/c1-13(2)8-16-9-14(3)10-17-7-5-6-15(11-17)12-18-4/h13-16H,5-12H2,1-4H3. The van der Waals surface area contributed by atoms with Crippen LogP contribution in [0.2, 0.25) is 0 Å². The maximum Gasteiger partial charge on any atom is 0.0502 e. The lowest BCUT2D eigenvalue weighted by Gasteiger charge is -2.34. The first-order valence-corrected chi connectivity index (χ1v) is 7.53. The van der Waals surface area contributed by atoms with E-state index in [4.69, 9.17) is 4.74 Å². The number of hydrogen-bond acceptors (Lipinski definition) is 3. The van der Waals surface area contributed by atoms with Gasteiger partial charge < -0.3 is 15.0 Å². The number of hydrogen-bond donors (Lipinski definition) is 1. The summed E-state index contributed by atoms with van der Waals surface area (Å²) >= 11 is 0. The third-order valence-corrected chi connectivity index (χ3v) is 3.62. The average molecular weight is 256 g/mol. The van der Waals surface area contributed by atoms with Crippen molar-refractivity contribution in [3.05, 3.63) is 0 Å². The van der Waals surface area contributed by atoms with Crippen LogP contribution in [0.5, 0.6) is 0 Å². The molecule has 18 heavy (non-hydrogen) atoms.